The maximum atomic E-state index is 5.73. The lowest BCUT2D eigenvalue weighted by molar-refractivity contribution is 0.170. The predicted octanol–water partition coefficient (Wildman–Crippen LogP) is 3.14. The van der Waals surface area contributed by atoms with Crippen LogP contribution >= 0.6 is 11.8 Å². The summed E-state index contributed by atoms with van der Waals surface area (Å²) in [5.41, 5.74) is 1.39. The van der Waals surface area contributed by atoms with E-state index in [0.29, 0.717) is 13.2 Å². The number of benzene rings is 1. The Hall–Kier alpha value is -0.910. The van der Waals surface area contributed by atoms with E-state index >= 15 is 0 Å². The average molecular weight is 337 g/mol. The molecule has 128 valence electrons. The molecule has 0 saturated carbocycles. The molecule has 0 atom stereocenters. The molecule has 1 aromatic carbocycles. The van der Waals surface area contributed by atoms with Crippen molar-refractivity contribution in [3.63, 3.8) is 0 Å². The Morgan fingerprint density at radius 2 is 1.78 bits per heavy atom. The van der Waals surface area contributed by atoms with Crippen LogP contribution in [0.1, 0.15) is 32.3 Å². The first-order valence-corrected chi connectivity index (χ1v) is 9.74. The molecule has 0 aromatic heterocycles. The van der Waals surface area contributed by atoms with Gasteiger partial charge in [0.15, 0.2) is 11.5 Å². The molecule has 1 N–H and O–H groups in total. The summed E-state index contributed by atoms with van der Waals surface area (Å²) in [6, 6.07) is 4.25. The summed E-state index contributed by atoms with van der Waals surface area (Å²) in [6.07, 6.45) is 4.80. The van der Waals surface area contributed by atoms with E-state index in [0.717, 1.165) is 24.6 Å². The van der Waals surface area contributed by atoms with Crippen LogP contribution in [0, 0.1) is 0 Å². The molecule has 0 radical (unpaired) electrons. The van der Waals surface area contributed by atoms with Crippen molar-refractivity contribution in [2.75, 3.05) is 39.1 Å². The predicted molar refractivity (Wildman–Crippen MR) is 95.8 cm³/mol. The topological polar surface area (TPSA) is 33.7 Å². The van der Waals surface area contributed by atoms with E-state index in [1.807, 2.05) is 0 Å². The molecule has 5 heteroatoms. The third kappa shape index (κ3) is 4.34. The summed E-state index contributed by atoms with van der Waals surface area (Å²) < 4.78 is 11.4. The standard InChI is InChI=1S/C18H28N2O2S/c1-18(2,13-20-6-4-5-7-20)19-12-14-10-15-16(11-17(14)23-3)22-9-8-21-15/h10-11,19H,4-9,12-13H2,1-3H3. The molecule has 0 spiro atoms. The molecule has 0 amide bonds. The minimum absolute atomic E-state index is 0.104. The van der Waals surface area contributed by atoms with Gasteiger partial charge >= 0.3 is 0 Å². The van der Waals surface area contributed by atoms with Crippen LogP contribution in [0.4, 0.5) is 0 Å². The van der Waals surface area contributed by atoms with Crippen LogP contribution < -0.4 is 14.8 Å². The van der Waals surface area contributed by atoms with Gasteiger partial charge in [0.25, 0.3) is 0 Å². The summed E-state index contributed by atoms with van der Waals surface area (Å²) in [5.74, 6) is 1.75. The molecule has 2 heterocycles. The number of thioether (sulfide) groups is 1. The SMILES string of the molecule is CSc1cc2c(cc1CNC(C)(C)CN1CCCC1)OCCO2. The van der Waals surface area contributed by atoms with Crippen LogP contribution in [0.15, 0.2) is 17.0 Å². The van der Waals surface area contributed by atoms with Gasteiger partial charge in [0.05, 0.1) is 0 Å². The Morgan fingerprint density at radius 1 is 1.13 bits per heavy atom. The number of ether oxygens (including phenoxy) is 2. The number of hydrogen-bond donors (Lipinski definition) is 1. The van der Waals surface area contributed by atoms with Crippen LogP contribution in [-0.4, -0.2) is 49.5 Å². The molecule has 0 aliphatic carbocycles. The Bertz CT molecular complexity index is 542. The van der Waals surface area contributed by atoms with E-state index in [1.165, 1.54) is 36.4 Å². The first kappa shape index (κ1) is 16.9. The highest BCUT2D eigenvalue weighted by Gasteiger charge is 2.24. The fourth-order valence-electron chi connectivity index (χ4n) is 3.33. The lowest BCUT2D eigenvalue weighted by Gasteiger charge is -2.32. The van der Waals surface area contributed by atoms with Gasteiger partial charge in [0.1, 0.15) is 13.2 Å². The largest absolute Gasteiger partial charge is 0.486 e. The fourth-order valence-corrected chi connectivity index (χ4v) is 3.95. The second-order valence-corrected chi connectivity index (χ2v) is 7.88. The number of nitrogens with one attached hydrogen (secondary N) is 1. The van der Waals surface area contributed by atoms with Gasteiger partial charge in [-0.1, -0.05) is 0 Å². The highest BCUT2D eigenvalue weighted by molar-refractivity contribution is 7.98. The van der Waals surface area contributed by atoms with Crippen molar-refractivity contribution in [1.82, 2.24) is 10.2 Å². The summed E-state index contributed by atoms with van der Waals surface area (Å²) in [6.45, 7) is 10.3. The maximum absolute atomic E-state index is 5.73. The van der Waals surface area contributed by atoms with Crippen LogP contribution in [0.5, 0.6) is 11.5 Å². The monoisotopic (exact) mass is 336 g/mol. The van der Waals surface area contributed by atoms with E-state index < -0.39 is 0 Å². The first-order valence-electron chi connectivity index (χ1n) is 8.51. The van der Waals surface area contributed by atoms with Gasteiger partial charge < -0.3 is 19.7 Å². The molecule has 0 bridgehead atoms. The van der Waals surface area contributed by atoms with E-state index in [-0.39, 0.29) is 5.54 Å². The summed E-state index contributed by atoms with van der Waals surface area (Å²) >= 11 is 1.77. The van der Waals surface area contributed by atoms with Gasteiger partial charge in [-0.2, -0.15) is 0 Å². The normalized spacial score (nSPS) is 18.4. The van der Waals surface area contributed by atoms with E-state index in [9.17, 15) is 0 Å². The van der Waals surface area contributed by atoms with Crippen LogP contribution in [0.3, 0.4) is 0 Å². The van der Waals surface area contributed by atoms with Crippen LogP contribution in [-0.2, 0) is 6.54 Å². The molecule has 2 aliphatic rings. The highest BCUT2D eigenvalue weighted by Crippen LogP contribution is 2.36. The minimum atomic E-state index is 0.104. The van der Waals surface area contributed by atoms with E-state index in [2.05, 4.69) is 42.5 Å². The number of likely N-dealkylation sites (tertiary alicyclic amines) is 1. The van der Waals surface area contributed by atoms with Gasteiger partial charge in [-0.25, -0.2) is 0 Å². The molecule has 4 nitrogen and oxygen atoms in total. The average Bonchev–Trinajstić information content (AvgIpc) is 3.04. The van der Waals surface area contributed by atoms with Gasteiger partial charge in [-0.3, -0.25) is 0 Å². The first-order chi connectivity index (χ1) is 11.1. The molecule has 3 rings (SSSR count). The van der Waals surface area contributed by atoms with Crippen LogP contribution in [0.2, 0.25) is 0 Å². The van der Waals surface area contributed by atoms with Gasteiger partial charge in [-0.15, -0.1) is 11.8 Å². The quantitative estimate of drug-likeness (QED) is 0.807. The summed E-state index contributed by atoms with van der Waals surface area (Å²) in [4.78, 5) is 3.82. The van der Waals surface area contributed by atoms with Gasteiger partial charge in [0.2, 0.25) is 0 Å². The summed E-state index contributed by atoms with van der Waals surface area (Å²) in [5, 5.41) is 3.73. The van der Waals surface area contributed by atoms with E-state index in [4.69, 9.17) is 9.47 Å². The van der Waals surface area contributed by atoms with E-state index in [1.54, 1.807) is 11.8 Å². The molecular weight excluding hydrogens is 308 g/mol. The molecule has 0 unspecified atom stereocenters. The third-order valence-corrected chi connectivity index (χ3v) is 5.34. The lowest BCUT2D eigenvalue weighted by atomic mass is 10.0. The lowest BCUT2D eigenvalue weighted by Crippen LogP contribution is -2.48. The number of rotatable bonds is 6. The van der Waals surface area contributed by atoms with Crippen molar-refractivity contribution in [2.24, 2.45) is 0 Å². The van der Waals surface area contributed by atoms with Gasteiger partial charge in [0, 0.05) is 23.5 Å². The molecule has 2 aliphatic heterocycles. The number of fused-ring (bicyclic) bond motifs is 1. The van der Waals surface area contributed by atoms with Crippen molar-refractivity contribution in [1.29, 1.82) is 0 Å². The Morgan fingerprint density at radius 3 is 2.43 bits per heavy atom. The molecular formula is C18H28N2O2S. The zero-order valence-electron chi connectivity index (χ0n) is 14.5. The fraction of sp³-hybridized carbons (Fsp3) is 0.667. The Labute approximate surface area is 143 Å². The van der Waals surface area contributed by atoms with Crippen LogP contribution in [0.25, 0.3) is 0 Å². The van der Waals surface area contributed by atoms with Crippen molar-refractivity contribution >= 4 is 11.8 Å². The molecule has 1 saturated heterocycles. The third-order valence-electron chi connectivity index (χ3n) is 4.52. The van der Waals surface area contributed by atoms with Gasteiger partial charge in [-0.05, 0) is 63.7 Å². The highest BCUT2D eigenvalue weighted by atomic mass is 32.2. The smallest absolute Gasteiger partial charge is 0.162 e. The van der Waals surface area contributed by atoms with Crippen molar-refractivity contribution in [2.45, 2.75) is 43.7 Å². The maximum Gasteiger partial charge on any atom is 0.162 e. The Balaban J connectivity index is 1.66. The second-order valence-electron chi connectivity index (χ2n) is 7.03. The zero-order chi connectivity index (χ0) is 16.3. The molecule has 1 aromatic rings. The minimum Gasteiger partial charge on any atom is -0.486 e. The Kier molecular flexibility index (Phi) is 5.39. The van der Waals surface area contributed by atoms with Crippen molar-refractivity contribution in [3.05, 3.63) is 17.7 Å². The molecule has 1 fully saturated rings. The van der Waals surface area contributed by atoms with Crippen molar-refractivity contribution in [3.8, 4) is 11.5 Å². The number of nitrogens with zero attached hydrogens (tertiary/aromatic N) is 1. The van der Waals surface area contributed by atoms with Crippen molar-refractivity contribution < 1.29 is 9.47 Å². The molecule has 23 heavy (non-hydrogen) atoms. The summed E-state index contributed by atoms with van der Waals surface area (Å²) in [7, 11) is 0. The number of hydrogen-bond acceptors (Lipinski definition) is 5. The zero-order valence-corrected chi connectivity index (χ0v) is 15.3. The second kappa shape index (κ2) is 7.32.